The van der Waals surface area contributed by atoms with Crippen molar-refractivity contribution in [3.05, 3.63) is 100 Å². The minimum absolute atomic E-state index is 0.00996. The number of benzene rings is 3. The molecule has 5 rings (SSSR count). The number of nitrogens with zero attached hydrogens (tertiary/aromatic N) is 2. The molecular formula is C24H16ClF4N3O. The number of epoxide rings is 1. The Bertz CT molecular complexity index is 1390. The van der Waals surface area contributed by atoms with E-state index in [1.165, 1.54) is 18.2 Å². The Kier molecular flexibility index (Phi) is 5.25. The standard InChI is InChI=1S/C24H16ClF4N3O/c25-19-10-16(7-8-20(19)26)32-21-6-2-5-17(18(21)12-31-32)23(22-13-33-22)30-11-14-3-1-4-15(9-14)24(27,28)29/h1-10,12,30H,11,13H2/b23-22+. The second-order valence-electron chi connectivity index (χ2n) is 7.53. The summed E-state index contributed by atoms with van der Waals surface area (Å²) in [6.07, 6.45) is -2.73. The molecule has 4 aromatic rings. The van der Waals surface area contributed by atoms with Gasteiger partial charge in [0, 0.05) is 17.5 Å². The van der Waals surface area contributed by atoms with Gasteiger partial charge in [0.25, 0.3) is 0 Å². The van der Waals surface area contributed by atoms with Crippen LogP contribution in [0, 0.1) is 5.82 Å². The Morgan fingerprint density at radius 2 is 1.88 bits per heavy atom. The summed E-state index contributed by atoms with van der Waals surface area (Å²) >= 11 is 5.93. The highest BCUT2D eigenvalue weighted by Crippen LogP contribution is 2.33. The van der Waals surface area contributed by atoms with E-state index in [1.807, 2.05) is 18.2 Å². The van der Waals surface area contributed by atoms with Crippen LogP contribution < -0.4 is 5.32 Å². The summed E-state index contributed by atoms with van der Waals surface area (Å²) in [6, 6.07) is 15.1. The van der Waals surface area contributed by atoms with E-state index < -0.39 is 17.6 Å². The molecule has 1 aliphatic heterocycles. The first kappa shape index (κ1) is 21.3. The summed E-state index contributed by atoms with van der Waals surface area (Å²) in [6.45, 7) is 0.618. The van der Waals surface area contributed by atoms with Crippen LogP contribution in [0.4, 0.5) is 17.6 Å². The topological polar surface area (TPSA) is 42.4 Å². The van der Waals surface area contributed by atoms with Crippen molar-refractivity contribution < 1.29 is 22.3 Å². The van der Waals surface area contributed by atoms with Crippen molar-refractivity contribution in [2.75, 3.05) is 6.61 Å². The summed E-state index contributed by atoms with van der Waals surface area (Å²) in [5.74, 6) is 0.196. The van der Waals surface area contributed by atoms with Crippen molar-refractivity contribution in [3.63, 3.8) is 0 Å². The van der Waals surface area contributed by atoms with Gasteiger partial charge in [0.1, 0.15) is 12.4 Å². The second kappa shape index (κ2) is 8.12. The van der Waals surface area contributed by atoms with Crippen LogP contribution in [0.1, 0.15) is 16.7 Å². The van der Waals surface area contributed by atoms with Gasteiger partial charge in [0.15, 0.2) is 5.76 Å². The molecule has 0 spiro atoms. The number of alkyl halides is 3. The largest absolute Gasteiger partial charge is 0.484 e. The van der Waals surface area contributed by atoms with Gasteiger partial charge in [-0.2, -0.15) is 18.3 Å². The molecule has 2 heterocycles. The zero-order valence-electron chi connectivity index (χ0n) is 17.0. The van der Waals surface area contributed by atoms with E-state index in [1.54, 1.807) is 23.0 Å². The Hall–Kier alpha value is -3.52. The highest BCUT2D eigenvalue weighted by atomic mass is 35.5. The molecule has 168 valence electrons. The number of nitrogens with one attached hydrogen (secondary N) is 1. The summed E-state index contributed by atoms with van der Waals surface area (Å²) in [5.41, 5.74) is 2.64. The fourth-order valence-corrected chi connectivity index (χ4v) is 3.84. The van der Waals surface area contributed by atoms with E-state index in [-0.39, 0.29) is 11.6 Å². The van der Waals surface area contributed by atoms with Gasteiger partial charge in [0.2, 0.25) is 0 Å². The molecule has 0 amide bonds. The van der Waals surface area contributed by atoms with Gasteiger partial charge in [-0.05, 0) is 42.0 Å². The molecule has 1 fully saturated rings. The SMILES string of the molecule is Fc1ccc(-n2ncc3c(/C(NCc4cccc(C(F)(F)F)c4)=C4/CO4)cccc32)cc1Cl. The van der Waals surface area contributed by atoms with Gasteiger partial charge in [-0.3, -0.25) is 0 Å². The number of aromatic nitrogens is 2. The first-order valence-corrected chi connectivity index (χ1v) is 10.4. The number of hydrogen-bond donors (Lipinski definition) is 1. The Morgan fingerprint density at radius 3 is 2.61 bits per heavy atom. The van der Waals surface area contributed by atoms with Crippen LogP contribution in [0.3, 0.4) is 0 Å². The Morgan fingerprint density at radius 1 is 1.09 bits per heavy atom. The second-order valence-corrected chi connectivity index (χ2v) is 7.94. The third-order valence-corrected chi connectivity index (χ3v) is 5.61. The maximum atomic E-state index is 13.6. The molecule has 0 bridgehead atoms. The quantitative estimate of drug-likeness (QED) is 0.272. The Labute approximate surface area is 191 Å². The number of hydrogen-bond acceptors (Lipinski definition) is 3. The third-order valence-electron chi connectivity index (χ3n) is 5.32. The first-order valence-electron chi connectivity index (χ1n) is 10.00. The van der Waals surface area contributed by atoms with E-state index in [0.29, 0.717) is 29.3 Å². The maximum absolute atomic E-state index is 13.6. The highest BCUT2D eigenvalue weighted by Gasteiger charge is 2.30. The monoisotopic (exact) mass is 473 g/mol. The molecule has 0 atom stereocenters. The summed E-state index contributed by atoms with van der Waals surface area (Å²) in [4.78, 5) is 0. The molecule has 1 aliphatic rings. The van der Waals surface area contributed by atoms with Crippen molar-refractivity contribution in [3.8, 4) is 5.69 Å². The van der Waals surface area contributed by atoms with Crippen molar-refractivity contribution >= 4 is 28.2 Å². The van der Waals surface area contributed by atoms with Crippen molar-refractivity contribution in [1.29, 1.82) is 0 Å². The molecule has 3 aromatic carbocycles. The van der Waals surface area contributed by atoms with Gasteiger partial charge < -0.3 is 10.1 Å². The van der Waals surface area contributed by atoms with Crippen molar-refractivity contribution in [2.45, 2.75) is 12.7 Å². The van der Waals surface area contributed by atoms with E-state index in [2.05, 4.69) is 10.4 Å². The van der Waals surface area contributed by atoms with E-state index in [9.17, 15) is 17.6 Å². The minimum atomic E-state index is -4.40. The lowest BCUT2D eigenvalue weighted by Crippen LogP contribution is -2.14. The fourth-order valence-electron chi connectivity index (χ4n) is 3.66. The zero-order valence-corrected chi connectivity index (χ0v) is 17.7. The third kappa shape index (κ3) is 4.26. The lowest BCUT2D eigenvalue weighted by atomic mass is 10.1. The molecule has 0 saturated carbocycles. The number of rotatable bonds is 5. The van der Waals surface area contributed by atoms with Gasteiger partial charge in [-0.25, -0.2) is 9.07 Å². The molecule has 4 nitrogen and oxygen atoms in total. The highest BCUT2D eigenvalue weighted by molar-refractivity contribution is 6.30. The summed E-state index contributed by atoms with van der Waals surface area (Å²) in [5, 5.41) is 8.45. The normalized spacial score (nSPS) is 14.8. The molecular weight excluding hydrogens is 458 g/mol. The summed E-state index contributed by atoms with van der Waals surface area (Å²) in [7, 11) is 0. The van der Waals surface area contributed by atoms with Crippen LogP contribution in [0.5, 0.6) is 0 Å². The van der Waals surface area contributed by atoms with Gasteiger partial charge in [-0.1, -0.05) is 35.9 Å². The molecule has 9 heteroatoms. The molecule has 0 aliphatic carbocycles. The van der Waals surface area contributed by atoms with Gasteiger partial charge in [-0.15, -0.1) is 0 Å². The van der Waals surface area contributed by atoms with Crippen molar-refractivity contribution in [2.24, 2.45) is 0 Å². The number of halogens is 5. The summed E-state index contributed by atoms with van der Waals surface area (Å²) < 4.78 is 59.8. The van der Waals surface area contributed by atoms with Crippen LogP contribution in [0.15, 0.2) is 72.6 Å². The van der Waals surface area contributed by atoms with Crippen LogP contribution in [0.25, 0.3) is 22.3 Å². The molecule has 1 saturated heterocycles. The molecule has 0 unspecified atom stereocenters. The molecule has 0 radical (unpaired) electrons. The van der Waals surface area contributed by atoms with Crippen LogP contribution >= 0.6 is 11.6 Å². The lowest BCUT2D eigenvalue weighted by Gasteiger charge is -2.13. The minimum Gasteiger partial charge on any atom is -0.484 e. The van der Waals surface area contributed by atoms with Gasteiger partial charge in [0.05, 0.1) is 33.7 Å². The fraction of sp³-hybridized carbons (Fsp3) is 0.125. The molecule has 33 heavy (non-hydrogen) atoms. The predicted molar refractivity (Wildman–Crippen MR) is 117 cm³/mol. The zero-order chi connectivity index (χ0) is 23.2. The first-order chi connectivity index (χ1) is 15.8. The van der Waals surface area contributed by atoms with Crippen LogP contribution in [-0.4, -0.2) is 16.4 Å². The van der Waals surface area contributed by atoms with Crippen molar-refractivity contribution in [1.82, 2.24) is 15.1 Å². The van der Waals surface area contributed by atoms with E-state index in [0.717, 1.165) is 28.6 Å². The lowest BCUT2D eigenvalue weighted by molar-refractivity contribution is -0.137. The maximum Gasteiger partial charge on any atom is 0.416 e. The van der Waals surface area contributed by atoms with Crippen LogP contribution in [-0.2, 0) is 17.5 Å². The average Bonchev–Trinajstić information content (AvgIpc) is 3.53. The van der Waals surface area contributed by atoms with Gasteiger partial charge >= 0.3 is 6.18 Å². The van der Waals surface area contributed by atoms with E-state index >= 15 is 0 Å². The number of ether oxygens (including phenoxy) is 1. The molecule has 1 aromatic heterocycles. The van der Waals surface area contributed by atoms with E-state index in [4.69, 9.17) is 16.3 Å². The van der Waals surface area contributed by atoms with Crippen LogP contribution in [0.2, 0.25) is 5.02 Å². The number of fused-ring (bicyclic) bond motifs is 1. The smallest absolute Gasteiger partial charge is 0.416 e. The molecule has 1 N–H and O–H groups in total. The Balaban J connectivity index is 1.48. The predicted octanol–water partition coefficient (Wildman–Crippen LogP) is 6.33. The average molecular weight is 474 g/mol.